The van der Waals surface area contributed by atoms with Crippen molar-refractivity contribution in [2.24, 2.45) is 0 Å². The van der Waals surface area contributed by atoms with Crippen LogP contribution in [0.5, 0.6) is 11.5 Å². The number of ether oxygens (including phenoxy) is 1. The standard InChI is InChI=1S/C21H21NO5/c1-21(2,3)22(12-14-7-5-4-6-8-14)20(25)27-17-11-15(13-23)18(24)19-16(17)9-10-26-19/h4-11,13,24H,12H2,1-3H3. The van der Waals surface area contributed by atoms with E-state index in [0.717, 1.165) is 5.56 Å². The molecule has 0 fully saturated rings. The normalized spacial score (nSPS) is 11.4. The van der Waals surface area contributed by atoms with Crippen LogP contribution in [-0.4, -0.2) is 27.9 Å². The van der Waals surface area contributed by atoms with E-state index in [1.807, 2.05) is 51.1 Å². The predicted octanol–water partition coefficient (Wildman–Crippen LogP) is 4.75. The topological polar surface area (TPSA) is 80.0 Å². The lowest BCUT2D eigenvalue weighted by Gasteiger charge is -2.34. The Hall–Kier alpha value is -3.28. The summed E-state index contributed by atoms with van der Waals surface area (Å²) < 4.78 is 10.8. The van der Waals surface area contributed by atoms with E-state index >= 15 is 0 Å². The van der Waals surface area contributed by atoms with Crippen molar-refractivity contribution in [3.8, 4) is 11.5 Å². The summed E-state index contributed by atoms with van der Waals surface area (Å²) in [4.78, 5) is 25.7. The van der Waals surface area contributed by atoms with Gasteiger partial charge in [0.2, 0.25) is 0 Å². The Labute approximate surface area is 157 Å². The van der Waals surface area contributed by atoms with E-state index in [1.165, 1.54) is 12.3 Å². The zero-order valence-corrected chi connectivity index (χ0v) is 15.4. The molecule has 2 aromatic carbocycles. The molecule has 27 heavy (non-hydrogen) atoms. The van der Waals surface area contributed by atoms with Gasteiger partial charge in [0, 0.05) is 12.1 Å². The van der Waals surface area contributed by atoms with Gasteiger partial charge in [0.15, 0.2) is 17.6 Å². The number of nitrogens with zero attached hydrogens (tertiary/aromatic N) is 1. The van der Waals surface area contributed by atoms with Gasteiger partial charge in [-0.15, -0.1) is 0 Å². The quantitative estimate of drug-likeness (QED) is 0.673. The first-order valence-electron chi connectivity index (χ1n) is 8.53. The Morgan fingerprint density at radius 2 is 1.93 bits per heavy atom. The third kappa shape index (κ3) is 3.79. The number of fused-ring (bicyclic) bond motifs is 1. The molecule has 0 aliphatic heterocycles. The maximum Gasteiger partial charge on any atom is 0.415 e. The average molecular weight is 367 g/mol. The van der Waals surface area contributed by atoms with Crippen molar-refractivity contribution in [2.75, 3.05) is 0 Å². The number of benzene rings is 2. The Balaban J connectivity index is 1.94. The van der Waals surface area contributed by atoms with Gasteiger partial charge in [0.05, 0.1) is 17.2 Å². The van der Waals surface area contributed by atoms with Crippen LogP contribution >= 0.6 is 0 Å². The molecule has 3 rings (SSSR count). The van der Waals surface area contributed by atoms with Gasteiger partial charge in [0.25, 0.3) is 0 Å². The van der Waals surface area contributed by atoms with Gasteiger partial charge < -0.3 is 14.3 Å². The van der Waals surface area contributed by atoms with E-state index in [9.17, 15) is 14.7 Å². The maximum atomic E-state index is 12.9. The van der Waals surface area contributed by atoms with Gasteiger partial charge in [-0.2, -0.15) is 0 Å². The molecule has 1 N–H and O–H groups in total. The van der Waals surface area contributed by atoms with E-state index in [-0.39, 0.29) is 22.6 Å². The number of phenols is 1. The number of carbonyl (C=O) groups is 2. The van der Waals surface area contributed by atoms with Crippen LogP contribution in [0.3, 0.4) is 0 Å². The van der Waals surface area contributed by atoms with Crippen LogP contribution in [0.1, 0.15) is 36.7 Å². The van der Waals surface area contributed by atoms with Crippen LogP contribution in [0.4, 0.5) is 4.79 Å². The summed E-state index contributed by atoms with van der Waals surface area (Å²) >= 11 is 0. The highest BCUT2D eigenvalue weighted by Crippen LogP contribution is 2.36. The number of phenolic OH excluding ortho intramolecular Hbond substituents is 1. The Morgan fingerprint density at radius 3 is 2.56 bits per heavy atom. The molecule has 1 amide bonds. The molecule has 1 aromatic heterocycles. The van der Waals surface area contributed by atoms with Gasteiger partial charge in [-0.05, 0) is 38.5 Å². The summed E-state index contributed by atoms with van der Waals surface area (Å²) in [5.41, 5.74) is 0.572. The van der Waals surface area contributed by atoms with E-state index in [0.29, 0.717) is 18.2 Å². The molecule has 140 valence electrons. The number of carbonyl (C=O) groups excluding carboxylic acids is 2. The van der Waals surface area contributed by atoms with Crippen LogP contribution in [-0.2, 0) is 6.54 Å². The van der Waals surface area contributed by atoms with Crippen molar-refractivity contribution < 1.29 is 23.8 Å². The number of amides is 1. The Bertz CT molecular complexity index is 969. The summed E-state index contributed by atoms with van der Waals surface area (Å²) in [5.74, 6) is -0.118. The molecule has 0 radical (unpaired) electrons. The largest absolute Gasteiger partial charge is 0.504 e. The summed E-state index contributed by atoms with van der Waals surface area (Å²) in [6.45, 7) is 6.12. The molecule has 3 aromatic rings. The SMILES string of the molecule is CC(C)(C)N(Cc1ccccc1)C(=O)Oc1cc(C=O)c(O)c2occc12. The molecule has 0 aliphatic carbocycles. The van der Waals surface area contributed by atoms with Gasteiger partial charge in [-0.1, -0.05) is 30.3 Å². The third-order valence-corrected chi connectivity index (χ3v) is 4.24. The van der Waals surface area contributed by atoms with E-state index < -0.39 is 11.6 Å². The number of rotatable bonds is 4. The van der Waals surface area contributed by atoms with Gasteiger partial charge >= 0.3 is 6.09 Å². The van der Waals surface area contributed by atoms with Gasteiger partial charge in [0.1, 0.15) is 5.75 Å². The minimum Gasteiger partial charge on any atom is -0.504 e. The van der Waals surface area contributed by atoms with Crippen LogP contribution in [0.25, 0.3) is 11.0 Å². The Morgan fingerprint density at radius 1 is 1.22 bits per heavy atom. The molecule has 0 spiro atoms. The molecule has 0 aliphatic rings. The number of hydrogen-bond donors (Lipinski definition) is 1. The first-order valence-corrected chi connectivity index (χ1v) is 8.53. The highest BCUT2D eigenvalue weighted by atomic mass is 16.6. The van der Waals surface area contributed by atoms with Gasteiger partial charge in [-0.3, -0.25) is 9.69 Å². The van der Waals surface area contributed by atoms with Crippen LogP contribution in [0.2, 0.25) is 0 Å². The molecular weight excluding hydrogens is 346 g/mol. The van der Waals surface area contributed by atoms with E-state index in [1.54, 1.807) is 11.0 Å². The molecule has 0 saturated heterocycles. The number of aldehydes is 1. The number of hydrogen-bond acceptors (Lipinski definition) is 5. The fraction of sp³-hybridized carbons (Fsp3) is 0.238. The summed E-state index contributed by atoms with van der Waals surface area (Å²) in [6.07, 6.45) is 1.29. The second kappa shape index (κ2) is 7.15. The minimum absolute atomic E-state index is 0.00869. The van der Waals surface area contributed by atoms with E-state index in [2.05, 4.69) is 0 Å². The van der Waals surface area contributed by atoms with Crippen LogP contribution < -0.4 is 4.74 Å². The molecule has 0 atom stereocenters. The monoisotopic (exact) mass is 367 g/mol. The molecule has 0 unspecified atom stereocenters. The fourth-order valence-corrected chi connectivity index (χ4v) is 2.77. The summed E-state index contributed by atoms with van der Waals surface area (Å²) in [6, 6.07) is 12.5. The minimum atomic E-state index is -0.559. The van der Waals surface area contributed by atoms with Crippen molar-refractivity contribution in [2.45, 2.75) is 32.9 Å². The van der Waals surface area contributed by atoms with Crippen molar-refractivity contribution in [1.29, 1.82) is 0 Å². The summed E-state index contributed by atoms with van der Waals surface area (Å²) in [5, 5.41) is 10.5. The van der Waals surface area contributed by atoms with Crippen LogP contribution in [0, 0.1) is 0 Å². The molecule has 6 heteroatoms. The van der Waals surface area contributed by atoms with Crippen LogP contribution in [0.15, 0.2) is 53.1 Å². The third-order valence-electron chi connectivity index (χ3n) is 4.24. The fourth-order valence-electron chi connectivity index (χ4n) is 2.77. The van der Waals surface area contributed by atoms with Crippen molar-refractivity contribution >= 4 is 23.3 Å². The first kappa shape index (κ1) is 18.5. The first-order chi connectivity index (χ1) is 12.8. The number of aromatic hydroxyl groups is 1. The highest BCUT2D eigenvalue weighted by Gasteiger charge is 2.29. The average Bonchev–Trinajstić information content (AvgIpc) is 3.12. The van der Waals surface area contributed by atoms with Crippen molar-refractivity contribution in [3.63, 3.8) is 0 Å². The lowest BCUT2D eigenvalue weighted by molar-refractivity contribution is 0.102. The summed E-state index contributed by atoms with van der Waals surface area (Å²) in [7, 11) is 0. The molecule has 6 nitrogen and oxygen atoms in total. The Kier molecular flexibility index (Phi) is 4.90. The molecule has 1 heterocycles. The smallest absolute Gasteiger partial charge is 0.415 e. The van der Waals surface area contributed by atoms with Crippen molar-refractivity contribution in [1.82, 2.24) is 4.90 Å². The zero-order valence-electron chi connectivity index (χ0n) is 15.4. The van der Waals surface area contributed by atoms with E-state index in [4.69, 9.17) is 9.15 Å². The van der Waals surface area contributed by atoms with Crippen molar-refractivity contribution in [3.05, 3.63) is 59.9 Å². The highest BCUT2D eigenvalue weighted by molar-refractivity contribution is 5.97. The second-order valence-corrected chi connectivity index (χ2v) is 7.20. The predicted molar refractivity (Wildman–Crippen MR) is 101 cm³/mol. The maximum absolute atomic E-state index is 12.9. The van der Waals surface area contributed by atoms with Gasteiger partial charge in [-0.25, -0.2) is 4.79 Å². The molecule has 0 bridgehead atoms. The second-order valence-electron chi connectivity index (χ2n) is 7.20. The lowest BCUT2D eigenvalue weighted by atomic mass is 10.1. The zero-order chi connectivity index (χ0) is 19.6. The number of furan rings is 1. The molecular formula is C21H21NO5. The lowest BCUT2D eigenvalue weighted by Crippen LogP contribution is -2.46. The molecule has 0 saturated carbocycles.